The molecule has 2 aromatic rings. The van der Waals surface area contributed by atoms with E-state index < -0.39 is 11.9 Å². The summed E-state index contributed by atoms with van der Waals surface area (Å²) >= 11 is 6.00. The number of urea groups is 1. The number of amides is 3. The van der Waals surface area contributed by atoms with Crippen LogP contribution < -0.4 is 10.1 Å². The summed E-state index contributed by atoms with van der Waals surface area (Å²) in [6.07, 6.45) is 1.50. The molecule has 6 nitrogen and oxygen atoms in total. The highest BCUT2D eigenvalue weighted by Gasteiger charge is 2.33. The van der Waals surface area contributed by atoms with Gasteiger partial charge in [0.1, 0.15) is 5.70 Å². The van der Waals surface area contributed by atoms with Crippen molar-refractivity contribution in [2.24, 2.45) is 0 Å². The third kappa shape index (κ3) is 3.65. The second kappa shape index (κ2) is 7.49. The fourth-order valence-electron chi connectivity index (χ4n) is 2.59. The first-order valence-electron chi connectivity index (χ1n) is 8.03. The monoisotopic (exact) mass is 372 g/mol. The number of phenolic OH excluding ortho intramolecular Hbond substituents is 1. The second-order valence-electron chi connectivity index (χ2n) is 5.65. The van der Waals surface area contributed by atoms with Crippen LogP contribution in [-0.2, 0) is 11.3 Å². The lowest BCUT2D eigenvalue weighted by Gasteiger charge is -2.11. The minimum absolute atomic E-state index is 0.0979. The zero-order chi connectivity index (χ0) is 18.7. The van der Waals surface area contributed by atoms with Crippen LogP contribution in [0.2, 0.25) is 5.02 Å². The standard InChI is InChI=1S/C19H17ClN2O4/c1-2-26-16-10-13(8-14(20)17(16)23)9-15-18(24)22(19(25)21-15)11-12-6-4-3-5-7-12/h3-10,23H,2,11H2,1H3,(H,21,25)/b15-9-. The first kappa shape index (κ1) is 17.8. The van der Waals surface area contributed by atoms with Gasteiger partial charge in [-0.05, 0) is 36.3 Å². The number of phenols is 1. The van der Waals surface area contributed by atoms with Gasteiger partial charge >= 0.3 is 6.03 Å². The number of benzene rings is 2. The van der Waals surface area contributed by atoms with Gasteiger partial charge in [-0.25, -0.2) is 4.79 Å². The van der Waals surface area contributed by atoms with Gasteiger partial charge in [-0.3, -0.25) is 9.69 Å². The molecule has 2 N–H and O–H groups in total. The van der Waals surface area contributed by atoms with Crippen LogP contribution in [0.4, 0.5) is 4.79 Å². The lowest BCUT2D eigenvalue weighted by molar-refractivity contribution is -0.123. The van der Waals surface area contributed by atoms with Gasteiger partial charge in [0.05, 0.1) is 18.2 Å². The first-order valence-corrected chi connectivity index (χ1v) is 8.41. The Hall–Kier alpha value is -2.99. The third-order valence-electron chi connectivity index (χ3n) is 3.81. The number of ether oxygens (including phenoxy) is 1. The summed E-state index contributed by atoms with van der Waals surface area (Å²) in [5.41, 5.74) is 1.51. The van der Waals surface area contributed by atoms with Gasteiger partial charge in [0, 0.05) is 0 Å². The lowest BCUT2D eigenvalue weighted by atomic mass is 10.1. The average molecular weight is 373 g/mol. The molecule has 0 aliphatic carbocycles. The predicted molar refractivity (Wildman–Crippen MR) is 97.8 cm³/mol. The van der Waals surface area contributed by atoms with Gasteiger partial charge in [0.15, 0.2) is 11.5 Å². The third-order valence-corrected chi connectivity index (χ3v) is 4.10. The quantitative estimate of drug-likeness (QED) is 0.621. The van der Waals surface area contributed by atoms with Crippen LogP contribution in [0, 0.1) is 0 Å². The van der Waals surface area contributed by atoms with Crippen molar-refractivity contribution in [2.75, 3.05) is 6.61 Å². The molecule has 7 heteroatoms. The molecule has 3 rings (SSSR count). The highest BCUT2D eigenvalue weighted by molar-refractivity contribution is 6.32. The number of hydrogen-bond donors (Lipinski definition) is 2. The van der Waals surface area contributed by atoms with E-state index in [4.69, 9.17) is 16.3 Å². The van der Waals surface area contributed by atoms with Crippen molar-refractivity contribution in [2.45, 2.75) is 13.5 Å². The molecule has 1 saturated heterocycles. The zero-order valence-corrected chi connectivity index (χ0v) is 14.8. The Kier molecular flexibility index (Phi) is 5.14. The van der Waals surface area contributed by atoms with E-state index in [1.165, 1.54) is 12.1 Å². The van der Waals surface area contributed by atoms with Gasteiger partial charge in [-0.15, -0.1) is 0 Å². The molecule has 0 bridgehead atoms. The summed E-state index contributed by atoms with van der Waals surface area (Å²) < 4.78 is 5.32. The van der Waals surface area contributed by atoms with Crippen LogP contribution in [0.5, 0.6) is 11.5 Å². The number of imide groups is 1. The highest BCUT2D eigenvalue weighted by Crippen LogP contribution is 2.36. The molecule has 1 fully saturated rings. The smallest absolute Gasteiger partial charge is 0.329 e. The molecule has 1 heterocycles. The molecule has 0 unspecified atom stereocenters. The Labute approximate surface area is 155 Å². The highest BCUT2D eigenvalue weighted by atomic mass is 35.5. The van der Waals surface area contributed by atoms with Gasteiger partial charge in [0.2, 0.25) is 0 Å². The van der Waals surface area contributed by atoms with Gasteiger partial charge in [0.25, 0.3) is 5.91 Å². The summed E-state index contributed by atoms with van der Waals surface area (Å²) in [5.74, 6) is -0.381. The molecule has 0 radical (unpaired) electrons. The summed E-state index contributed by atoms with van der Waals surface area (Å²) in [4.78, 5) is 25.8. The normalized spacial score (nSPS) is 15.5. The minimum Gasteiger partial charge on any atom is -0.503 e. The molecular weight excluding hydrogens is 356 g/mol. The second-order valence-corrected chi connectivity index (χ2v) is 6.05. The van der Waals surface area contributed by atoms with Crippen LogP contribution in [0.25, 0.3) is 6.08 Å². The van der Waals surface area contributed by atoms with Crippen LogP contribution in [0.15, 0.2) is 48.2 Å². The largest absolute Gasteiger partial charge is 0.503 e. The summed E-state index contributed by atoms with van der Waals surface area (Å²) in [5, 5.41) is 12.5. The van der Waals surface area contributed by atoms with Crippen molar-refractivity contribution >= 4 is 29.6 Å². The molecule has 2 aromatic carbocycles. The Balaban J connectivity index is 1.86. The van der Waals surface area contributed by atoms with Crippen LogP contribution in [-0.4, -0.2) is 28.6 Å². The predicted octanol–water partition coefficient (Wildman–Crippen LogP) is 3.54. The topological polar surface area (TPSA) is 78.9 Å². The Morgan fingerprint density at radius 1 is 1.23 bits per heavy atom. The molecule has 0 aromatic heterocycles. The molecular formula is C19H17ClN2O4. The van der Waals surface area contributed by atoms with Crippen molar-refractivity contribution in [1.82, 2.24) is 10.2 Å². The number of nitrogens with one attached hydrogen (secondary N) is 1. The molecule has 0 atom stereocenters. The van der Waals surface area contributed by atoms with Crippen molar-refractivity contribution in [1.29, 1.82) is 0 Å². The van der Waals surface area contributed by atoms with Crippen molar-refractivity contribution in [3.63, 3.8) is 0 Å². The molecule has 0 saturated carbocycles. The summed E-state index contributed by atoms with van der Waals surface area (Å²) in [7, 11) is 0. The van der Waals surface area contributed by atoms with Crippen molar-refractivity contribution < 1.29 is 19.4 Å². The summed E-state index contributed by atoms with van der Waals surface area (Å²) in [6.45, 7) is 2.31. The number of nitrogens with zero attached hydrogens (tertiary/aromatic N) is 1. The molecule has 134 valence electrons. The maximum atomic E-state index is 12.5. The van der Waals surface area contributed by atoms with E-state index in [-0.39, 0.29) is 28.8 Å². The Morgan fingerprint density at radius 3 is 2.65 bits per heavy atom. The zero-order valence-electron chi connectivity index (χ0n) is 14.0. The van der Waals surface area contributed by atoms with Gasteiger partial charge < -0.3 is 15.2 Å². The lowest BCUT2D eigenvalue weighted by Crippen LogP contribution is -2.30. The van der Waals surface area contributed by atoms with Gasteiger partial charge in [-0.2, -0.15) is 0 Å². The van der Waals surface area contributed by atoms with Crippen LogP contribution >= 0.6 is 11.6 Å². The van der Waals surface area contributed by atoms with Crippen LogP contribution in [0.3, 0.4) is 0 Å². The number of carbonyl (C=O) groups is 2. The maximum Gasteiger partial charge on any atom is 0.329 e. The SMILES string of the molecule is CCOc1cc(/C=C2\NC(=O)N(Cc3ccccc3)C2=O)cc(Cl)c1O. The number of rotatable bonds is 5. The number of carbonyl (C=O) groups excluding carboxylic acids is 2. The minimum atomic E-state index is -0.486. The molecule has 0 spiro atoms. The van der Waals surface area contributed by atoms with E-state index in [1.807, 2.05) is 30.3 Å². The van der Waals surface area contributed by atoms with Crippen molar-refractivity contribution in [3.05, 3.63) is 64.3 Å². The fraction of sp³-hybridized carbons (Fsp3) is 0.158. The molecule has 1 aliphatic heterocycles. The van der Waals surface area contributed by atoms with E-state index in [1.54, 1.807) is 13.0 Å². The fourth-order valence-corrected chi connectivity index (χ4v) is 2.81. The number of halogens is 1. The summed E-state index contributed by atoms with van der Waals surface area (Å²) in [6, 6.07) is 11.8. The molecule has 26 heavy (non-hydrogen) atoms. The van der Waals surface area contributed by atoms with Crippen LogP contribution in [0.1, 0.15) is 18.1 Å². The molecule has 1 aliphatic rings. The van der Waals surface area contributed by atoms with Gasteiger partial charge in [-0.1, -0.05) is 41.9 Å². The maximum absolute atomic E-state index is 12.5. The average Bonchev–Trinajstić information content (AvgIpc) is 2.88. The van der Waals surface area contributed by atoms with E-state index in [0.29, 0.717) is 12.2 Å². The van der Waals surface area contributed by atoms with Crippen molar-refractivity contribution in [3.8, 4) is 11.5 Å². The van der Waals surface area contributed by atoms with E-state index >= 15 is 0 Å². The Morgan fingerprint density at radius 2 is 1.96 bits per heavy atom. The van der Waals surface area contributed by atoms with E-state index in [0.717, 1.165) is 10.5 Å². The van der Waals surface area contributed by atoms with E-state index in [9.17, 15) is 14.7 Å². The first-order chi connectivity index (χ1) is 12.5. The molecule has 3 amide bonds. The Bertz CT molecular complexity index is 881. The number of aromatic hydroxyl groups is 1. The van der Waals surface area contributed by atoms with E-state index in [2.05, 4.69) is 5.32 Å². The number of hydrogen-bond acceptors (Lipinski definition) is 4.